The van der Waals surface area contributed by atoms with E-state index in [1.165, 1.54) is 16.8 Å². The van der Waals surface area contributed by atoms with Crippen molar-refractivity contribution in [2.45, 2.75) is 66.6 Å². The molecule has 2 nitrogen and oxygen atoms in total. The minimum atomic E-state index is 0.523. The molecule has 1 aliphatic rings. The van der Waals surface area contributed by atoms with Gasteiger partial charge in [0.25, 0.3) is 0 Å². The first-order valence-corrected chi connectivity index (χ1v) is 9.13. The smallest absolute Gasteiger partial charge is 0.0445 e. The van der Waals surface area contributed by atoms with E-state index in [0.717, 1.165) is 13.1 Å². The SMILES string of the molecule is CC1=CC(C)C(C)N(CCN(C(C)C)C(C)C)c2ccccc21. The predicted molar refractivity (Wildman–Crippen MR) is 103 cm³/mol. The molecular formula is C21H34N2. The van der Waals surface area contributed by atoms with Gasteiger partial charge in [0.05, 0.1) is 0 Å². The van der Waals surface area contributed by atoms with Gasteiger partial charge in [-0.2, -0.15) is 0 Å². The second-order valence-electron chi connectivity index (χ2n) is 7.59. The molecule has 1 aromatic carbocycles. The molecule has 2 atom stereocenters. The van der Waals surface area contributed by atoms with Gasteiger partial charge in [-0.3, -0.25) is 4.90 Å². The van der Waals surface area contributed by atoms with Crippen LogP contribution < -0.4 is 4.90 Å². The molecule has 1 aromatic rings. The van der Waals surface area contributed by atoms with E-state index in [1.54, 1.807) is 0 Å². The highest BCUT2D eigenvalue weighted by molar-refractivity contribution is 5.77. The number of nitrogens with zero attached hydrogens (tertiary/aromatic N) is 2. The summed E-state index contributed by atoms with van der Waals surface area (Å²) < 4.78 is 0. The van der Waals surface area contributed by atoms with Crippen molar-refractivity contribution in [1.29, 1.82) is 0 Å². The zero-order valence-corrected chi connectivity index (χ0v) is 16.0. The van der Waals surface area contributed by atoms with Gasteiger partial charge < -0.3 is 4.90 Å². The Labute approximate surface area is 143 Å². The number of benzene rings is 1. The molecule has 128 valence electrons. The van der Waals surface area contributed by atoms with Gasteiger partial charge in [0.1, 0.15) is 0 Å². The summed E-state index contributed by atoms with van der Waals surface area (Å²) in [4.78, 5) is 5.20. The number of allylic oxidation sites excluding steroid dienone is 1. The minimum Gasteiger partial charge on any atom is -0.366 e. The van der Waals surface area contributed by atoms with Crippen LogP contribution in [-0.4, -0.2) is 36.1 Å². The topological polar surface area (TPSA) is 6.48 Å². The highest BCUT2D eigenvalue weighted by Crippen LogP contribution is 2.34. The molecule has 2 unspecified atom stereocenters. The normalized spacial score (nSPS) is 21.7. The highest BCUT2D eigenvalue weighted by Gasteiger charge is 2.26. The Morgan fingerprint density at radius 3 is 2.26 bits per heavy atom. The molecule has 2 heteroatoms. The summed E-state index contributed by atoms with van der Waals surface area (Å²) in [6.07, 6.45) is 2.44. The first-order chi connectivity index (χ1) is 10.8. The summed E-state index contributed by atoms with van der Waals surface area (Å²) in [7, 11) is 0. The number of fused-ring (bicyclic) bond motifs is 1. The Morgan fingerprint density at radius 1 is 1.04 bits per heavy atom. The van der Waals surface area contributed by atoms with Crippen molar-refractivity contribution < 1.29 is 0 Å². The molecule has 0 aliphatic carbocycles. The van der Waals surface area contributed by atoms with Crippen LogP contribution in [0.25, 0.3) is 5.57 Å². The summed E-state index contributed by atoms with van der Waals surface area (Å²) >= 11 is 0. The van der Waals surface area contributed by atoms with Crippen LogP contribution in [0.3, 0.4) is 0 Å². The molecule has 0 bridgehead atoms. The Morgan fingerprint density at radius 2 is 1.65 bits per heavy atom. The maximum atomic E-state index is 2.62. The van der Waals surface area contributed by atoms with Crippen LogP contribution in [-0.2, 0) is 0 Å². The van der Waals surface area contributed by atoms with Crippen molar-refractivity contribution in [3.8, 4) is 0 Å². The van der Waals surface area contributed by atoms with E-state index >= 15 is 0 Å². The number of rotatable bonds is 5. The molecule has 0 aromatic heterocycles. The Balaban J connectivity index is 2.28. The lowest BCUT2D eigenvalue weighted by Gasteiger charge is -2.38. The molecule has 0 spiro atoms. The van der Waals surface area contributed by atoms with Gasteiger partial charge >= 0.3 is 0 Å². The van der Waals surface area contributed by atoms with Crippen LogP contribution >= 0.6 is 0 Å². The summed E-state index contributed by atoms with van der Waals surface area (Å²) in [6.45, 7) is 18.4. The van der Waals surface area contributed by atoms with Gasteiger partial charge in [-0.25, -0.2) is 0 Å². The van der Waals surface area contributed by atoms with Crippen LogP contribution in [0.5, 0.6) is 0 Å². The summed E-state index contributed by atoms with van der Waals surface area (Å²) in [5, 5.41) is 0. The lowest BCUT2D eigenvalue weighted by molar-refractivity contribution is 0.178. The van der Waals surface area contributed by atoms with Crippen LogP contribution in [0.4, 0.5) is 5.69 Å². The zero-order valence-electron chi connectivity index (χ0n) is 16.0. The first kappa shape index (κ1) is 18.1. The fraction of sp³-hybridized carbons (Fsp3) is 0.619. The highest BCUT2D eigenvalue weighted by atomic mass is 15.2. The number of anilines is 1. The standard InChI is InChI=1S/C21H34N2/c1-15(2)22(16(3)4)12-13-23-19(7)17(5)14-18(6)20-10-8-9-11-21(20)23/h8-11,14-17,19H,12-13H2,1-7H3. The molecule has 1 aliphatic heterocycles. The van der Waals surface area contributed by atoms with Crippen molar-refractivity contribution >= 4 is 11.3 Å². The monoisotopic (exact) mass is 314 g/mol. The van der Waals surface area contributed by atoms with Gasteiger partial charge in [0, 0.05) is 42.5 Å². The Bertz CT molecular complexity index is 537. The van der Waals surface area contributed by atoms with Crippen LogP contribution in [0, 0.1) is 5.92 Å². The van der Waals surface area contributed by atoms with Gasteiger partial charge in [-0.1, -0.05) is 31.2 Å². The average Bonchev–Trinajstić information content (AvgIpc) is 2.57. The van der Waals surface area contributed by atoms with Crippen molar-refractivity contribution in [3.63, 3.8) is 0 Å². The molecule has 0 saturated heterocycles. The maximum Gasteiger partial charge on any atom is 0.0445 e. The molecule has 2 rings (SSSR count). The second kappa shape index (κ2) is 7.53. The largest absolute Gasteiger partial charge is 0.366 e. The molecule has 0 radical (unpaired) electrons. The summed E-state index contributed by atoms with van der Waals surface area (Å²) in [6, 6.07) is 10.6. The van der Waals surface area contributed by atoms with Crippen molar-refractivity contribution in [3.05, 3.63) is 35.9 Å². The second-order valence-corrected chi connectivity index (χ2v) is 7.59. The number of hydrogen-bond acceptors (Lipinski definition) is 2. The third-order valence-corrected chi connectivity index (χ3v) is 5.33. The predicted octanol–water partition coefficient (Wildman–Crippen LogP) is 5.05. The molecule has 1 heterocycles. The molecule has 0 amide bonds. The van der Waals surface area contributed by atoms with Gasteiger partial charge in [0.15, 0.2) is 0 Å². The number of para-hydroxylation sites is 1. The van der Waals surface area contributed by atoms with E-state index in [0.29, 0.717) is 24.0 Å². The van der Waals surface area contributed by atoms with E-state index in [4.69, 9.17) is 0 Å². The van der Waals surface area contributed by atoms with Gasteiger partial charge in [0.2, 0.25) is 0 Å². The van der Waals surface area contributed by atoms with Crippen LogP contribution in [0.2, 0.25) is 0 Å². The minimum absolute atomic E-state index is 0.523. The lowest BCUT2D eigenvalue weighted by Crippen LogP contribution is -2.46. The fourth-order valence-electron chi connectivity index (χ4n) is 3.84. The molecular weight excluding hydrogens is 280 g/mol. The van der Waals surface area contributed by atoms with Crippen molar-refractivity contribution in [2.75, 3.05) is 18.0 Å². The van der Waals surface area contributed by atoms with E-state index < -0.39 is 0 Å². The lowest BCUT2D eigenvalue weighted by atomic mass is 10.00. The fourth-order valence-corrected chi connectivity index (χ4v) is 3.84. The van der Waals surface area contributed by atoms with Gasteiger partial charge in [-0.15, -0.1) is 0 Å². The van der Waals surface area contributed by atoms with Crippen molar-refractivity contribution in [2.24, 2.45) is 5.92 Å². The third kappa shape index (κ3) is 3.98. The van der Waals surface area contributed by atoms with E-state index in [-0.39, 0.29) is 0 Å². The maximum absolute atomic E-state index is 2.62. The van der Waals surface area contributed by atoms with Gasteiger partial charge in [-0.05, 0) is 59.1 Å². The van der Waals surface area contributed by atoms with E-state index in [2.05, 4.69) is 88.6 Å². The summed E-state index contributed by atoms with van der Waals surface area (Å²) in [5.74, 6) is 0.564. The molecule has 0 N–H and O–H groups in total. The first-order valence-electron chi connectivity index (χ1n) is 9.13. The Hall–Kier alpha value is -1.28. The van der Waals surface area contributed by atoms with Crippen molar-refractivity contribution in [1.82, 2.24) is 4.90 Å². The van der Waals surface area contributed by atoms with E-state index in [9.17, 15) is 0 Å². The molecule has 0 fully saturated rings. The van der Waals surface area contributed by atoms with E-state index in [1.807, 2.05) is 0 Å². The Kier molecular flexibility index (Phi) is 5.91. The quantitative estimate of drug-likeness (QED) is 0.750. The third-order valence-electron chi connectivity index (χ3n) is 5.33. The molecule has 0 saturated carbocycles. The summed E-state index contributed by atoms with van der Waals surface area (Å²) in [5.41, 5.74) is 4.20. The molecule has 23 heavy (non-hydrogen) atoms. The van der Waals surface area contributed by atoms with Crippen LogP contribution in [0.1, 0.15) is 54.0 Å². The zero-order chi connectivity index (χ0) is 17.1. The average molecular weight is 315 g/mol. The number of hydrogen-bond donors (Lipinski definition) is 0. The van der Waals surface area contributed by atoms with Crippen LogP contribution in [0.15, 0.2) is 30.3 Å².